The molecule has 9 heteroatoms. The number of aliphatic hydroxyl groups excluding tert-OH is 1. The lowest BCUT2D eigenvalue weighted by Crippen LogP contribution is -2.38. The van der Waals surface area contributed by atoms with Crippen molar-refractivity contribution in [2.75, 3.05) is 12.3 Å². The summed E-state index contributed by atoms with van der Waals surface area (Å²) in [5.74, 6) is 1.35. The molecule has 5 aromatic rings. The van der Waals surface area contributed by atoms with E-state index in [1.807, 2.05) is 116 Å². The molecule has 0 saturated carbocycles. The van der Waals surface area contributed by atoms with E-state index < -0.39 is 6.29 Å². The predicted octanol–water partition coefficient (Wildman–Crippen LogP) is 7.90. The quantitative estimate of drug-likeness (QED) is 0.125. The van der Waals surface area contributed by atoms with E-state index in [9.17, 15) is 9.90 Å². The number of hydrogen-bond donors (Lipinski definition) is 3. The third-order valence-electron chi connectivity index (χ3n) is 8.23. The van der Waals surface area contributed by atoms with Crippen LogP contribution in [0.15, 0.2) is 119 Å². The van der Waals surface area contributed by atoms with Crippen LogP contribution in [0.1, 0.15) is 48.5 Å². The number of aliphatic hydroxyl groups is 1. The van der Waals surface area contributed by atoms with E-state index in [-0.39, 0.29) is 30.8 Å². The third kappa shape index (κ3) is 7.94. The average Bonchev–Trinajstić information content (AvgIpc) is 3.56. The molecule has 1 aliphatic heterocycles. The van der Waals surface area contributed by atoms with E-state index in [1.54, 1.807) is 0 Å². The summed E-state index contributed by atoms with van der Waals surface area (Å²) in [5, 5.41) is 15.8. The highest BCUT2D eigenvalue weighted by molar-refractivity contribution is 7.99. The van der Waals surface area contributed by atoms with Crippen molar-refractivity contribution >= 4 is 17.8 Å². The van der Waals surface area contributed by atoms with Crippen LogP contribution in [0.4, 0.5) is 4.79 Å². The minimum Gasteiger partial charge on any atom is -0.431 e. The van der Waals surface area contributed by atoms with Gasteiger partial charge in [0.2, 0.25) is 0 Å². The molecule has 242 valence electrons. The van der Waals surface area contributed by atoms with Crippen molar-refractivity contribution in [3.05, 3.63) is 131 Å². The zero-order chi connectivity index (χ0) is 32.6. The van der Waals surface area contributed by atoms with Crippen LogP contribution in [0.3, 0.4) is 0 Å². The summed E-state index contributed by atoms with van der Waals surface area (Å²) in [6.07, 6.45) is -1.03. The normalized spacial score (nSPS) is 19.3. The van der Waals surface area contributed by atoms with Crippen LogP contribution in [0.25, 0.3) is 22.6 Å². The fourth-order valence-electron chi connectivity index (χ4n) is 5.60. The van der Waals surface area contributed by atoms with Crippen molar-refractivity contribution in [3.8, 4) is 22.6 Å². The number of benzene rings is 4. The summed E-state index contributed by atoms with van der Waals surface area (Å²) in [6, 6.07) is 35.7. The number of hydrogen-bond acceptors (Lipinski definition) is 7. The first-order valence-corrected chi connectivity index (χ1v) is 16.9. The molecular weight excluding hydrogens is 611 g/mol. The number of carbonyl (C=O) groups excluding carboxylic acids is 1. The van der Waals surface area contributed by atoms with E-state index in [4.69, 9.17) is 18.9 Å². The monoisotopic (exact) mass is 649 g/mol. The third-order valence-corrected chi connectivity index (χ3v) is 9.14. The standard InChI is InChI=1S/C38H39N3O5S/c1-3-39-37(43)40-22-26-14-20-31(21-15-26)36-44-32(25(2)34(45-36)30-18-16-27(23-42)17-19-30)24-47-38-41-33(28-10-6-4-7-11-28)35(46-38)29-12-8-5-9-13-29/h4-21,25,32,34,36,42H,3,22-24H2,1-2H3,(H2,39,40,43)/t25-,32+,34+,36?/m0/s1. The summed E-state index contributed by atoms with van der Waals surface area (Å²) in [5.41, 5.74) is 6.50. The zero-order valence-corrected chi connectivity index (χ0v) is 27.3. The minimum absolute atomic E-state index is 0.0106. The van der Waals surface area contributed by atoms with Gasteiger partial charge >= 0.3 is 6.03 Å². The van der Waals surface area contributed by atoms with Gasteiger partial charge in [-0.25, -0.2) is 9.78 Å². The molecule has 1 aromatic heterocycles. The molecule has 6 rings (SSSR count). The van der Waals surface area contributed by atoms with Gasteiger partial charge < -0.3 is 29.6 Å². The van der Waals surface area contributed by atoms with Gasteiger partial charge in [0.25, 0.3) is 5.22 Å². The topological polar surface area (TPSA) is 106 Å². The molecular formula is C38H39N3O5S. The molecule has 0 aliphatic carbocycles. The highest BCUT2D eigenvalue weighted by Gasteiger charge is 2.38. The Morgan fingerprint density at radius 2 is 1.45 bits per heavy atom. The molecule has 1 unspecified atom stereocenters. The largest absolute Gasteiger partial charge is 0.431 e. The second kappa shape index (κ2) is 15.5. The van der Waals surface area contributed by atoms with Crippen LogP contribution < -0.4 is 10.6 Å². The number of thioether (sulfide) groups is 1. The number of aromatic nitrogens is 1. The van der Waals surface area contributed by atoms with Crippen molar-refractivity contribution in [1.29, 1.82) is 0 Å². The molecule has 0 spiro atoms. The molecule has 0 bridgehead atoms. The fraction of sp³-hybridized carbons (Fsp3) is 0.263. The first kappa shape index (κ1) is 32.5. The van der Waals surface area contributed by atoms with Crippen molar-refractivity contribution < 1.29 is 23.8 Å². The van der Waals surface area contributed by atoms with Gasteiger partial charge in [-0.3, -0.25) is 0 Å². The first-order chi connectivity index (χ1) is 23.0. The Morgan fingerprint density at radius 3 is 2.11 bits per heavy atom. The van der Waals surface area contributed by atoms with Gasteiger partial charge in [-0.1, -0.05) is 128 Å². The van der Waals surface area contributed by atoms with Gasteiger partial charge in [0, 0.05) is 41.5 Å². The van der Waals surface area contributed by atoms with Crippen LogP contribution in [0.5, 0.6) is 0 Å². The van der Waals surface area contributed by atoms with Crippen molar-refractivity contribution in [2.24, 2.45) is 5.92 Å². The van der Waals surface area contributed by atoms with E-state index in [2.05, 4.69) is 17.6 Å². The lowest BCUT2D eigenvalue weighted by Gasteiger charge is -2.41. The minimum atomic E-state index is -0.603. The molecule has 0 radical (unpaired) electrons. The van der Waals surface area contributed by atoms with Crippen LogP contribution >= 0.6 is 11.8 Å². The Kier molecular flexibility index (Phi) is 10.7. The Morgan fingerprint density at radius 1 is 0.809 bits per heavy atom. The van der Waals surface area contributed by atoms with Crippen LogP contribution in [-0.4, -0.2) is 34.5 Å². The van der Waals surface area contributed by atoms with Crippen LogP contribution in [-0.2, 0) is 22.6 Å². The average molecular weight is 650 g/mol. The molecule has 1 fully saturated rings. The SMILES string of the molecule is CCNC(=O)NCc1ccc(C2O[C@H](CSc3nc(-c4ccccc4)c(-c4ccccc4)o3)[C@H](C)[C@H](c3ccc(CO)cc3)O2)cc1. The molecule has 1 aliphatic rings. The zero-order valence-electron chi connectivity index (χ0n) is 26.5. The van der Waals surface area contributed by atoms with Crippen molar-refractivity contribution in [3.63, 3.8) is 0 Å². The number of rotatable bonds is 11. The maximum Gasteiger partial charge on any atom is 0.315 e. The molecule has 4 atom stereocenters. The summed E-state index contributed by atoms with van der Waals surface area (Å²) >= 11 is 1.53. The smallest absolute Gasteiger partial charge is 0.315 e. The van der Waals surface area contributed by atoms with E-state index in [0.29, 0.717) is 24.1 Å². The van der Waals surface area contributed by atoms with Gasteiger partial charge in [-0.05, 0) is 23.6 Å². The highest BCUT2D eigenvalue weighted by atomic mass is 32.2. The van der Waals surface area contributed by atoms with Gasteiger partial charge in [-0.2, -0.15) is 0 Å². The maximum absolute atomic E-state index is 11.8. The van der Waals surface area contributed by atoms with Crippen LogP contribution in [0, 0.1) is 5.92 Å². The van der Waals surface area contributed by atoms with E-state index >= 15 is 0 Å². The first-order valence-electron chi connectivity index (χ1n) is 15.9. The summed E-state index contributed by atoms with van der Waals surface area (Å²) in [4.78, 5) is 16.8. The van der Waals surface area contributed by atoms with Gasteiger partial charge in [0.15, 0.2) is 12.1 Å². The molecule has 1 saturated heterocycles. The maximum atomic E-state index is 11.8. The number of ether oxygens (including phenoxy) is 2. The van der Waals surface area contributed by atoms with Crippen molar-refractivity contribution in [1.82, 2.24) is 15.6 Å². The van der Waals surface area contributed by atoms with E-state index in [1.165, 1.54) is 11.8 Å². The van der Waals surface area contributed by atoms with Gasteiger partial charge in [0.1, 0.15) is 5.69 Å². The molecule has 4 aromatic carbocycles. The Labute approximate surface area is 279 Å². The fourth-order valence-corrected chi connectivity index (χ4v) is 6.59. The van der Waals surface area contributed by atoms with Crippen molar-refractivity contribution in [2.45, 2.75) is 50.7 Å². The number of oxazole rings is 1. The Bertz CT molecular complexity index is 1670. The highest BCUT2D eigenvalue weighted by Crippen LogP contribution is 2.44. The van der Waals surface area contributed by atoms with Gasteiger partial charge in [0.05, 0.1) is 18.8 Å². The Hall–Kier alpha value is -4.41. The predicted molar refractivity (Wildman–Crippen MR) is 183 cm³/mol. The molecule has 3 N–H and O–H groups in total. The lowest BCUT2D eigenvalue weighted by molar-refractivity contribution is -0.268. The summed E-state index contributed by atoms with van der Waals surface area (Å²) in [6.45, 7) is 5.00. The molecule has 2 heterocycles. The molecule has 8 nitrogen and oxygen atoms in total. The number of urea groups is 1. The van der Waals surface area contributed by atoms with Crippen LogP contribution in [0.2, 0.25) is 0 Å². The lowest BCUT2D eigenvalue weighted by atomic mass is 9.91. The summed E-state index contributed by atoms with van der Waals surface area (Å²) in [7, 11) is 0. The van der Waals surface area contributed by atoms with Gasteiger partial charge in [-0.15, -0.1) is 0 Å². The second-order valence-electron chi connectivity index (χ2n) is 11.5. The number of nitrogens with one attached hydrogen (secondary N) is 2. The number of amides is 2. The number of carbonyl (C=O) groups is 1. The summed E-state index contributed by atoms with van der Waals surface area (Å²) < 4.78 is 19.7. The Balaban J connectivity index is 1.24. The molecule has 2 amide bonds. The number of nitrogens with zero attached hydrogens (tertiary/aromatic N) is 1. The van der Waals surface area contributed by atoms with E-state index in [0.717, 1.165) is 44.8 Å². The molecule has 47 heavy (non-hydrogen) atoms. The second-order valence-corrected chi connectivity index (χ2v) is 12.4.